The standard InChI is InChI=1S/C23H28F3N5/c1-2-3-4-6-15-8-9-17-18(13-28-20(17)11-15)21-19(23(24,25)26)14-29-22(31-21)30-16-7-5-10-27-12-16/h8-9,11,13-14,16,27-28H,2-7,10,12H2,1H3,(H,29,30,31)/t16-/m0/s1. The number of aromatic nitrogens is 3. The van der Waals surface area contributed by atoms with E-state index in [1.54, 1.807) is 6.20 Å². The number of unbranched alkanes of at least 4 members (excludes halogenated alkanes) is 2. The van der Waals surface area contributed by atoms with Gasteiger partial charge in [0.2, 0.25) is 5.95 Å². The van der Waals surface area contributed by atoms with Crippen molar-refractivity contribution < 1.29 is 13.2 Å². The maximum absolute atomic E-state index is 13.7. The predicted octanol–water partition coefficient (Wildman–Crippen LogP) is 5.54. The number of rotatable bonds is 7. The fourth-order valence-corrected chi connectivity index (χ4v) is 4.13. The van der Waals surface area contributed by atoms with Crippen molar-refractivity contribution >= 4 is 16.9 Å². The van der Waals surface area contributed by atoms with Crippen LogP contribution >= 0.6 is 0 Å². The SMILES string of the molecule is CCCCCc1ccc2c(-c3nc(N[C@H]4CCCNC4)ncc3C(F)(F)F)c[nH]c2c1. The Kier molecular flexibility index (Phi) is 6.46. The van der Waals surface area contributed by atoms with Crippen molar-refractivity contribution in [2.75, 3.05) is 18.4 Å². The third-order valence-corrected chi connectivity index (χ3v) is 5.79. The summed E-state index contributed by atoms with van der Waals surface area (Å²) >= 11 is 0. The molecule has 8 heteroatoms. The van der Waals surface area contributed by atoms with Crippen LogP contribution in [0.2, 0.25) is 0 Å². The highest BCUT2D eigenvalue weighted by Gasteiger charge is 2.36. The lowest BCUT2D eigenvalue weighted by atomic mass is 10.0. The summed E-state index contributed by atoms with van der Waals surface area (Å²) in [5, 5.41) is 7.19. The minimum absolute atomic E-state index is 0.0984. The number of nitrogens with one attached hydrogen (secondary N) is 3. The molecule has 1 saturated heterocycles. The minimum atomic E-state index is -4.54. The first kappa shape index (κ1) is 21.6. The monoisotopic (exact) mass is 431 g/mol. The number of anilines is 1. The van der Waals surface area contributed by atoms with Crippen LogP contribution in [0, 0.1) is 0 Å². The van der Waals surface area contributed by atoms with Crippen LogP contribution in [0.3, 0.4) is 0 Å². The van der Waals surface area contributed by atoms with Gasteiger partial charge in [-0.1, -0.05) is 31.9 Å². The Morgan fingerprint density at radius 3 is 2.84 bits per heavy atom. The first-order valence-corrected chi connectivity index (χ1v) is 11.0. The van der Waals surface area contributed by atoms with E-state index in [1.165, 1.54) is 5.56 Å². The van der Waals surface area contributed by atoms with Gasteiger partial charge in [-0.05, 0) is 43.9 Å². The van der Waals surface area contributed by atoms with E-state index in [9.17, 15) is 13.2 Å². The lowest BCUT2D eigenvalue weighted by Gasteiger charge is -2.24. The van der Waals surface area contributed by atoms with Gasteiger partial charge in [-0.3, -0.25) is 0 Å². The summed E-state index contributed by atoms with van der Waals surface area (Å²) < 4.78 is 41.2. The van der Waals surface area contributed by atoms with Crippen LogP contribution in [0.4, 0.5) is 19.1 Å². The van der Waals surface area contributed by atoms with Crippen LogP contribution in [-0.4, -0.2) is 34.1 Å². The predicted molar refractivity (Wildman–Crippen MR) is 117 cm³/mol. The second-order valence-electron chi connectivity index (χ2n) is 8.18. The van der Waals surface area contributed by atoms with E-state index >= 15 is 0 Å². The molecule has 0 radical (unpaired) electrons. The molecule has 2 aromatic heterocycles. The second-order valence-corrected chi connectivity index (χ2v) is 8.18. The molecule has 1 fully saturated rings. The largest absolute Gasteiger partial charge is 0.419 e. The number of halogens is 3. The summed E-state index contributed by atoms with van der Waals surface area (Å²) in [4.78, 5) is 11.4. The molecule has 3 N–H and O–H groups in total. The Morgan fingerprint density at radius 1 is 1.23 bits per heavy atom. The fourth-order valence-electron chi connectivity index (χ4n) is 4.13. The van der Waals surface area contributed by atoms with E-state index in [4.69, 9.17) is 0 Å². The Morgan fingerprint density at radius 2 is 2.10 bits per heavy atom. The van der Waals surface area contributed by atoms with E-state index < -0.39 is 11.7 Å². The van der Waals surface area contributed by atoms with E-state index in [0.717, 1.165) is 68.7 Å². The van der Waals surface area contributed by atoms with Crippen LogP contribution in [0.1, 0.15) is 50.2 Å². The number of piperidine rings is 1. The van der Waals surface area contributed by atoms with E-state index in [1.807, 2.05) is 18.2 Å². The second kappa shape index (κ2) is 9.26. The van der Waals surface area contributed by atoms with Gasteiger partial charge in [0.25, 0.3) is 0 Å². The molecule has 0 spiro atoms. The quantitative estimate of drug-likeness (QED) is 0.430. The molecule has 4 rings (SSSR count). The number of fused-ring (bicyclic) bond motifs is 1. The summed E-state index contributed by atoms with van der Waals surface area (Å²) in [5.41, 5.74) is 1.52. The number of aryl methyl sites for hydroxylation is 1. The molecule has 0 aliphatic carbocycles. The number of aromatic amines is 1. The average molecular weight is 432 g/mol. The van der Waals surface area contributed by atoms with Gasteiger partial charge in [0.1, 0.15) is 5.56 Å². The molecule has 1 aliphatic rings. The highest BCUT2D eigenvalue weighted by molar-refractivity contribution is 5.95. The lowest BCUT2D eigenvalue weighted by molar-refractivity contribution is -0.137. The van der Waals surface area contributed by atoms with Crippen molar-refractivity contribution in [2.45, 2.75) is 57.7 Å². The molecular weight excluding hydrogens is 403 g/mol. The van der Waals surface area contributed by atoms with Gasteiger partial charge in [0, 0.05) is 41.4 Å². The maximum atomic E-state index is 13.7. The van der Waals surface area contributed by atoms with Gasteiger partial charge in [0.15, 0.2) is 0 Å². The van der Waals surface area contributed by atoms with Crippen LogP contribution in [0.15, 0.2) is 30.6 Å². The fraction of sp³-hybridized carbons (Fsp3) is 0.478. The van der Waals surface area contributed by atoms with Gasteiger partial charge in [-0.15, -0.1) is 0 Å². The van der Waals surface area contributed by atoms with E-state index in [2.05, 4.69) is 32.5 Å². The van der Waals surface area contributed by atoms with Crippen molar-refractivity contribution in [2.24, 2.45) is 0 Å². The molecule has 0 amide bonds. The van der Waals surface area contributed by atoms with Gasteiger partial charge in [0.05, 0.1) is 5.69 Å². The third kappa shape index (κ3) is 5.01. The van der Waals surface area contributed by atoms with Gasteiger partial charge in [-0.25, -0.2) is 9.97 Å². The van der Waals surface area contributed by atoms with Gasteiger partial charge < -0.3 is 15.6 Å². The van der Waals surface area contributed by atoms with Crippen molar-refractivity contribution in [3.8, 4) is 11.3 Å². The number of hydrogen-bond donors (Lipinski definition) is 3. The molecule has 0 bridgehead atoms. The molecule has 0 unspecified atom stereocenters. The molecule has 3 heterocycles. The molecule has 3 aromatic rings. The number of H-pyrrole nitrogens is 1. The van der Waals surface area contributed by atoms with Crippen molar-refractivity contribution in [3.05, 3.63) is 41.7 Å². The maximum Gasteiger partial charge on any atom is 0.419 e. The van der Waals surface area contributed by atoms with Gasteiger partial charge in [-0.2, -0.15) is 13.2 Å². The van der Waals surface area contributed by atoms with Gasteiger partial charge >= 0.3 is 6.18 Å². The number of nitrogens with zero attached hydrogens (tertiary/aromatic N) is 2. The highest BCUT2D eigenvalue weighted by Crippen LogP contribution is 2.39. The van der Waals surface area contributed by atoms with Crippen LogP contribution in [0.25, 0.3) is 22.2 Å². The lowest BCUT2D eigenvalue weighted by Crippen LogP contribution is -2.38. The minimum Gasteiger partial charge on any atom is -0.360 e. The summed E-state index contributed by atoms with van der Waals surface area (Å²) in [6.45, 7) is 3.86. The smallest absolute Gasteiger partial charge is 0.360 e. The molecule has 166 valence electrons. The summed E-state index contributed by atoms with van der Waals surface area (Å²) in [5.74, 6) is 0.224. The van der Waals surface area contributed by atoms with Crippen molar-refractivity contribution in [1.29, 1.82) is 0 Å². The Labute approximate surface area is 179 Å². The highest BCUT2D eigenvalue weighted by atomic mass is 19.4. The number of benzene rings is 1. The molecule has 1 aromatic carbocycles. The van der Waals surface area contributed by atoms with E-state index in [0.29, 0.717) is 5.56 Å². The van der Waals surface area contributed by atoms with Crippen molar-refractivity contribution in [3.63, 3.8) is 0 Å². The topological polar surface area (TPSA) is 65.6 Å². The molecule has 1 atom stereocenters. The van der Waals surface area contributed by atoms with Crippen LogP contribution < -0.4 is 10.6 Å². The number of alkyl halides is 3. The molecule has 1 aliphatic heterocycles. The summed E-state index contributed by atoms with van der Waals surface area (Å²) in [6, 6.07) is 6.02. The third-order valence-electron chi connectivity index (χ3n) is 5.79. The Balaban J connectivity index is 1.69. The number of hydrogen-bond acceptors (Lipinski definition) is 4. The molecular formula is C23H28F3N5. The average Bonchev–Trinajstić information content (AvgIpc) is 3.17. The molecule has 31 heavy (non-hydrogen) atoms. The Hall–Kier alpha value is -2.61. The Bertz CT molecular complexity index is 1020. The summed E-state index contributed by atoms with van der Waals surface area (Å²) in [6.07, 6.45) is 4.28. The zero-order chi connectivity index (χ0) is 21.8. The zero-order valence-corrected chi connectivity index (χ0v) is 17.6. The molecule has 5 nitrogen and oxygen atoms in total. The first-order chi connectivity index (χ1) is 15.0. The van der Waals surface area contributed by atoms with Crippen LogP contribution in [-0.2, 0) is 12.6 Å². The summed E-state index contributed by atoms with van der Waals surface area (Å²) in [7, 11) is 0. The molecule has 0 saturated carbocycles. The van der Waals surface area contributed by atoms with Crippen LogP contribution in [0.5, 0.6) is 0 Å². The normalized spacial score (nSPS) is 17.2. The zero-order valence-electron chi connectivity index (χ0n) is 17.6. The van der Waals surface area contributed by atoms with E-state index in [-0.39, 0.29) is 17.7 Å². The van der Waals surface area contributed by atoms with Crippen molar-refractivity contribution in [1.82, 2.24) is 20.3 Å². The first-order valence-electron chi connectivity index (χ1n) is 11.0.